The topological polar surface area (TPSA) is 75.3 Å². The number of aryl methyl sites for hydroxylation is 1. The fraction of sp³-hybridized carbons (Fsp3) is 0.0952. The van der Waals surface area contributed by atoms with Gasteiger partial charge < -0.3 is 5.32 Å². The summed E-state index contributed by atoms with van der Waals surface area (Å²) in [5.41, 5.74) is 2.59. The first-order chi connectivity index (χ1) is 13.7. The van der Waals surface area contributed by atoms with Crippen LogP contribution in [0.15, 0.2) is 71.6 Å². The van der Waals surface area contributed by atoms with Crippen LogP contribution >= 0.6 is 23.2 Å². The van der Waals surface area contributed by atoms with Crippen molar-refractivity contribution < 1.29 is 13.2 Å². The number of hydrogen-bond donors (Lipinski definition) is 2. The van der Waals surface area contributed by atoms with Gasteiger partial charge in [-0.15, -0.1) is 0 Å². The third-order valence-corrected chi connectivity index (χ3v) is 6.09. The highest BCUT2D eigenvalue weighted by molar-refractivity contribution is 7.92. The molecule has 3 aromatic rings. The molecule has 0 bridgehead atoms. The van der Waals surface area contributed by atoms with Crippen LogP contribution in [0.2, 0.25) is 10.0 Å². The molecule has 0 heterocycles. The minimum absolute atomic E-state index is 0.0676. The highest BCUT2D eigenvalue weighted by atomic mass is 35.5. The van der Waals surface area contributed by atoms with Gasteiger partial charge in [-0.1, -0.05) is 53.0 Å². The molecular formula is C21H18Cl2N2O3S. The minimum Gasteiger partial charge on any atom is -0.348 e. The van der Waals surface area contributed by atoms with E-state index in [4.69, 9.17) is 23.2 Å². The van der Waals surface area contributed by atoms with Crippen LogP contribution in [0.4, 0.5) is 5.69 Å². The van der Waals surface area contributed by atoms with Gasteiger partial charge in [-0.05, 0) is 55.0 Å². The zero-order valence-corrected chi connectivity index (χ0v) is 17.8. The number of nitrogens with one attached hydrogen (secondary N) is 2. The van der Waals surface area contributed by atoms with Gasteiger partial charge in [0, 0.05) is 11.6 Å². The third-order valence-electron chi connectivity index (χ3n) is 4.13. The largest absolute Gasteiger partial charge is 0.348 e. The molecular weight excluding hydrogens is 431 g/mol. The zero-order valence-electron chi connectivity index (χ0n) is 15.4. The Bertz CT molecular complexity index is 1150. The lowest BCUT2D eigenvalue weighted by Crippen LogP contribution is -2.23. The first-order valence-electron chi connectivity index (χ1n) is 8.66. The minimum atomic E-state index is -3.80. The zero-order chi connectivity index (χ0) is 21.0. The van der Waals surface area contributed by atoms with Crippen LogP contribution in [0.3, 0.4) is 0 Å². The molecule has 0 aliphatic carbocycles. The molecule has 1 amide bonds. The van der Waals surface area contributed by atoms with Crippen LogP contribution in [-0.4, -0.2) is 14.3 Å². The van der Waals surface area contributed by atoms with E-state index >= 15 is 0 Å². The standard InChI is InChI=1S/C21H18Cl2N2O3S/c1-14-3-2-4-15(11-14)13-24-21(26)19-10-7-17(12-20(19)23)25-29(27,28)18-8-5-16(22)6-9-18/h2-12,25H,13H2,1H3,(H,24,26). The first kappa shape index (κ1) is 21.2. The second-order valence-electron chi connectivity index (χ2n) is 6.43. The second kappa shape index (κ2) is 8.86. The van der Waals surface area contributed by atoms with E-state index in [-0.39, 0.29) is 27.1 Å². The van der Waals surface area contributed by atoms with E-state index in [0.717, 1.165) is 11.1 Å². The maximum absolute atomic E-state index is 12.5. The molecule has 8 heteroatoms. The molecule has 3 rings (SSSR count). The number of halogens is 2. The van der Waals surface area contributed by atoms with E-state index in [1.165, 1.54) is 42.5 Å². The van der Waals surface area contributed by atoms with Gasteiger partial charge in [0.2, 0.25) is 0 Å². The molecule has 0 spiro atoms. The molecule has 29 heavy (non-hydrogen) atoms. The number of amides is 1. The fourth-order valence-electron chi connectivity index (χ4n) is 2.69. The van der Waals surface area contributed by atoms with E-state index in [1.54, 1.807) is 0 Å². The van der Waals surface area contributed by atoms with Gasteiger partial charge in [-0.3, -0.25) is 9.52 Å². The van der Waals surface area contributed by atoms with Crippen LogP contribution in [0.1, 0.15) is 21.5 Å². The van der Waals surface area contributed by atoms with Gasteiger partial charge >= 0.3 is 0 Å². The average molecular weight is 449 g/mol. The Morgan fingerprint density at radius 3 is 2.34 bits per heavy atom. The Balaban J connectivity index is 1.71. The predicted molar refractivity (Wildman–Crippen MR) is 116 cm³/mol. The molecule has 5 nitrogen and oxygen atoms in total. The summed E-state index contributed by atoms with van der Waals surface area (Å²) in [6.07, 6.45) is 0. The summed E-state index contributed by atoms with van der Waals surface area (Å²) < 4.78 is 27.3. The van der Waals surface area contributed by atoms with Crippen molar-refractivity contribution in [2.24, 2.45) is 0 Å². The van der Waals surface area contributed by atoms with E-state index in [1.807, 2.05) is 31.2 Å². The van der Waals surface area contributed by atoms with Crippen molar-refractivity contribution in [2.45, 2.75) is 18.4 Å². The smallest absolute Gasteiger partial charge is 0.261 e. The highest BCUT2D eigenvalue weighted by Crippen LogP contribution is 2.24. The van der Waals surface area contributed by atoms with E-state index in [2.05, 4.69) is 10.0 Å². The SMILES string of the molecule is Cc1cccc(CNC(=O)c2ccc(NS(=O)(=O)c3ccc(Cl)cc3)cc2Cl)c1. The van der Waals surface area contributed by atoms with Gasteiger partial charge in [0.05, 0.1) is 21.2 Å². The van der Waals surface area contributed by atoms with Crippen LogP contribution in [-0.2, 0) is 16.6 Å². The summed E-state index contributed by atoms with van der Waals surface area (Å²) in [5.74, 6) is -0.344. The monoisotopic (exact) mass is 448 g/mol. The average Bonchev–Trinajstić information content (AvgIpc) is 2.66. The molecule has 0 fully saturated rings. The second-order valence-corrected chi connectivity index (χ2v) is 8.95. The van der Waals surface area contributed by atoms with E-state index in [0.29, 0.717) is 11.6 Å². The normalized spacial score (nSPS) is 11.1. The fourth-order valence-corrected chi connectivity index (χ4v) is 4.13. The number of rotatable bonds is 6. The van der Waals surface area contributed by atoms with Crippen LogP contribution in [0.25, 0.3) is 0 Å². The number of benzene rings is 3. The lowest BCUT2D eigenvalue weighted by Gasteiger charge is -2.11. The Morgan fingerprint density at radius 1 is 0.966 bits per heavy atom. The Labute approximate surface area is 179 Å². The summed E-state index contributed by atoms with van der Waals surface area (Å²) in [4.78, 5) is 12.5. The highest BCUT2D eigenvalue weighted by Gasteiger charge is 2.16. The lowest BCUT2D eigenvalue weighted by atomic mass is 10.1. The summed E-state index contributed by atoms with van der Waals surface area (Å²) in [5, 5.41) is 3.39. The van der Waals surface area contributed by atoms with Crippen LogP contribution < -0.4 is 10.0 Å². The Kier molecular flexibility index (Phi) is 6.47. The molecule has 0 radical (unpaired) electrons. The summed E-state index contributed by atoms with van der Waals surface area (Å²) in [6.45, 7) is 2.34. The maximum Gasteiger partial charge on any atom is 0.261 e. The van der Waals surface area contributed by atoms with Crippen molar-refractivity contribution in [3.63, 3.8) is 0 Å². The molecule has 3 aromatic carbocycles. The molecule has 0 atom stereocenters. The number of anilines is 1. The number of carbonyl (C=O) groups excluding carboxylic acids is 1. The summed E-state index contributed by atoms with van der Waals surface area (Å²) in [7, 11) is -3.80. The lowest BCUT2D eigenvalue weighted by molar-refractivity contribution is 0.0951. The maximum atomic E-state index is 12.5. The van der Waals surface area contributed by atoms with Gasteiger partial charge in [0.25, 0.3) is 15.9 Å². The van der Waals surface area contributed by atoms with Crippen molar-refractivity contribution >= 4 is 44.8 Å². The number of hydrogen-bond acceptors (Lipinski definition) is 3. The quantitative estimate of drug-likeness (QED) is 0.554. The molecule has 0 aliphatic rings. The molecule has 0 saturated carbocycles. The van der Waals surface area contributed by atoms with Crippen molar-refractivity contribution in [3.8, 4) is 0 Å². The van der Waals surface area contributed by atoms with Crippen LogP contribution in [0.5, 0.6) is 0 Å². The van der Waals surface area contributed by atoms with Crippen molar-refractivity contribution in [1.29, 1.82) is 0 Å². The van der Waals surface area contributed by atoms with E-state index in [9.17, 15) is 13.2 Å². The molecule has 2 N–H and O–H groups in total. The van der Waals surface area contributed by atoms with Gasteiger partial charge in [-0.25, -0.2) is 8.42 Å². The van der Waals surface area contributed by atoms with E-state index < -0.39 is 10.0 Å². The third kappa shape index (κ3) is 5.50. The molecule has 150 valence electrons. The number of sulfonamides is 1. The van der Waals surface area contributed by atoms with Crippen LogP contribution in [0, 0.1) is 6.92 Å². The van der Waals surface area contributed by atoms with Crippen molar-refractivity contribution in [3.05, 3.63) is 93.5 Å². The van der Waals surface area contributed by atoms with Gasteiger partial charge in [0.15, 0.2) is 0 Å². The van der Waals surface area contributed by atoms with Gasteiger partial charge in [-0.2, -0.15) is 0 Å². The molecule has 0 aromatic heterocycles. The molecule has 0 saturated heterocycles. The predicted octanol–water partition coefficient (Wildman–Crippen LogP) is 5.03. The van der Waals surface area contributed by atoms with Crippen molar-refractivity contribution in [1.82, 2.24) is 5.32 Å². The summed E-state index contributed by atoms with van der Waals surface area (Å²) in [6, 6.07) is 18.0. The van der Waals surface area contributed by atoms with Crippen molar-refractivity contribution in [2.75, 3.05) is 4.72 Å². The van der Waals surface area contributed by atoms with Gasteiger partial charge in [0.1, 0.15) is 0 Å². The first-order valence-corrected chi connectivity index (χ1v) is 10.9. The number of carbonyl (C=O) groups is 1. The molecule has 0 aliphatic heterocycles. The Hall–Kier alpha value is -2.54. The Morgan fingerprint density at radius 2 is 1.69 bits per heavy atom. The molecule has 0 unspecified atom stereocenters. The summed E-state index contributed by atoms with van der Waals surface area (Å²) >= 11 is 12.0.